The molecule has 24 heavy (non-hydrogen) atoms. The van der Waals surface area contributed by atoms with Crippen molar-refractivity contribution in [3.63, 3.8) is 0 Å². The Kier molecular flexibility index (Phi) is 4.56. The Bertz CT molecular complexity index is 769. The van der Waals surface area contributed by atoms with Crippen molar-refractivity contribution in [2.45, 2.75) is 12.5 Å². The molecule has 3 rings (SSSR count). The Balaban J connectivity index is 1.61. The number of amides is 1. The first-order chi connectivity index (χ1) is 11.7. The summed E-state index contributed by atoms with van der Waals surface area (Å²) in [6, 6.07) is 16.1. The molecular formula is C18H16N2O4. The summed E-state index contributed by atoms with van der Waals surface area (Å²) >= 11 is 0. The molecule has 2 aromatic rings. The van der Waals surface area contributed by atoms with Gasteiger partial charge in [-0.2, -0.15) is 0 Å². The minimum absolute atomic E-state index is 0.242. The van der Waals surface area contributed by atoms with Crippen LogP contribution in [0.2, 0.25) is 0 Å². The number of nitrogens with zero attached hydrogens (tertiary/aromatic N) is 1. The van der Waals surface area contributed by atoms with E-state index in [1.165, 1.54) is 7.11 Å². The zero-order chi connectivity index (χ0) is 16.9. The lowest BCUT2D eigenvalue weighted by atomic mass is 10.0. The molecule has 0 saturated heterocycles. The van der Waals surface area contributed by atoms with Crippen LogP contribution in [0.3, 0.4) is 0 Å². The largest absolute Gasteiger partial charge is 0.465 e. The van der Waals surface area contributed by atoms with Crippen molar-refractivity contribution in [1.29, 1.82) is 0 Å². The van der Waals surface area contributed by atoms with Crippen LogP contribution >= 0.6 is 0 Å². The summed E-state index contributed by atoms with van der Waals surface area (Å²) in [5.41, 5.74) is 2.30. The van der Waals surface area contributed by atoms with Gasteiger partial charge in [0.25, 0.3) is 5.91 Å². The van der Waals surface area contributed by atoms with E-state index < -0.39 is 5.97 Å². The van der Waals surface area contributed by atoms with Gasteiger partial charge in [0.05, 0.1) is 12.7 Å². The summed E-state index contributed by atoms with van der Waals surface area (Å²) in [5, 5.41) is 6.62. The molecule has 0 bridgehead atoms. The van der Waals surface area contributed by atoms with Crippen molar-refractivity contribution in [3.05, 3.63) is 65.7 Å². The van der Waals surface area contributed by atoms with E-state index in [-0.39, 0.29) is 12.0 Å². The summed E-state index contributed by atoms with van der Waals surface area (Å²) < 4.78 is 4.63. The lowest BCUT2D eigenvalue weighted by Gasteiger charge is -2.07. The van der Waals surface area contributed by atoms with Gasteiger partial charge in [-0.3, -0.25) is 4.79 Å². The van der Waals surface area contributed by atoms with E-state index in [9.17, 15) is 9.59 Å². The van der Waals surface area contributed by atoms with Gasteiger partial charge >= 0.3 is 5.97 Å². The van der Waals surface area contributed by atoms with Crippen molar-refractivity contribution in [2.75, 3.05) is 12.4 Å². The quantitative estimate of drug-likeness (QED) is 0.877. The third-order valence-corrected chi connectivity index (χ3v) is 3.67. The zero-order valence-corrected chi connectivity index (χ0v) is 13.1. The molecule has 0 aliphatic carbocycles. The topological polar surface area (TPSA) is 77.0 Å². The second-order valence-electron chi connectivity index (χ2n) is 5.27. The highest BCUT2D eigenvalue weighted by atomic mass is 16.6. The highest BCUT2D eigenvalue weighted by molar-refractivity contribution is 6.43. The van der Waals surface area contributed by atoms with Gasteiger partial charge in [0.1, 0.15) is 5.71 Å². The summed E-state index contributed by atoms with van der Waals surface area (Å²) in [5.74, 6) is -0.744. The molecule has 2 aromatic carbocycles. The van der Waals surface area contributed by atoms with Crippen molar-refractivity contribution in [2.24, 2.45) is 5.16 Å². The minimum atomic E-state index is -0.424. The Morgan fingerprint density at radius 2 is 1.83 bits per heavy atom. The minimum Gasteiger partial charge on any atom is -0.465 e. The lowest BCUT2D eigenvalue weighted by molar-refractivity contribution is -0.110. The molecule has 1 heterocycles. The predicted octanol–water partition coefficient (Wildman–Crippen LogP) is 2.93. The summed E-state index contributed by atoms with van der Waals surface area (Å²) in [4.78, 5) is 29.0. The normalized spacial score (nSPS) is 16.0. The van der Waals surface area contributed by atoms with Crippen molar-refractivity contribution < 1.29 is 19.2 Å². The monoisotopic (exact) mass is 324 g/mol. The Labute approximate surface area is 139 Å². The Morgan fingerprint density at radius 3 is 2.50 bits per heavy atom. The number of oxime groups is 1. The number of ether oxygens (including phenoxy) is 1. The highest BCUT2D eigenvalue weighted by Gasteiger charge is 2.27. The van der Waals surface area contributed by atoms with Crippen molar-refractivity contribution >= 4 is 23.3 Å². The molecule has 0 aromatic heterocycles. The van der Waals surface area contributed by atoms with Gasteiger partial charge < -0.3 is 14.9 Å². The van der Waals surface area contributed by atoms with Crippen LogP contribution in [0.25, 0.3) is 0 Å². The average Bonchev–Trinajstić information content (AvgIpc) is 3.13. The van der Waals surface area contributed by atoms with E-state index in [1.54, 1.807) is 24.3 Å². The van der Waals surface area contributed by atoms with E-state index >= 15 is 0 Å². The first kappa shape index (κ1) is 15.7. The molecule has 6 nitrogen and oxygen atoms in total. The molecule has 122 valence electrons. The van der Waals surface area contributed by atoms with E-state index in [4.69, 9.17) is 4.84 Å². The number of carbonyl (C=O) groups excluding carboxylic acids is 2. The maximum Gasteiger partial charge on any atom is 0.337 e. The van der Waals surface area contributed by atoms with E-state index in [0.717, 1.165) is 5.56 Å². The smallest absolute Gasteiger partial charge is 0.337 e. The summed E-state index contributed by atoms with van der Waals surface area (Å²) in [6.07, 6.45) is 0.171. The molecule has 1 N–H and O–H groups in total. The number of rotatable bonds is 4. The second kappa shape index (κ2) is 6.95. The lowest BCUT2D eigenvalue weighted by Crippen LogP contribution is -2.21. The highest BCUT2D eigenvalue weighted by Crippen LogP contribution is 2.27. The number of esters is 1. The molecule has 0 fully saturated rings. The van der Waals surface area contributed by atoms with Crippen LogP contribution in [0.15, 0.2) is 59.8 Å². The van der Waals surface area contributed by atoms with Gasteiger partial charge in [-0.15, -0.1) is 0 Å². The molecule has 0 radical (unpaired) electrons. The fourth-order valence-electron chi connectivity index (χ4n) is 2.37. The van der Waals surface area contributed by atoms with Crippen LogP contribution in [0.4, 0.5) is 5.69 Å². The van der Waals surface area contributed by atoms with Crippen LogP contribution in [0.1, 0.15) is 28.4 Å². The average molecular weight is 324 g/mol. The molecule has 1 aliphatic rings. The molecule has 0 saturated carbocycles. The molecule has 1 amide bonds. The van der Waals surface area contributed by atoms with Crippen LogP contribution in [-0.4, -0.2) is 24.7 Å². The first-order valence-corrected chi connectivity index (χ1v) is 7.45. The number of methoxy groups -OCH3 is 1. The zero-order valence-electron chi connectivity index (χ0n) is 13.1. The van der Waals surface area contributed by atoms with Gasteiger partial charge in [-0.1, -0.05) is 35.5 Å². The number of hydrogen-bond acceptors (Lipinski definition) is 5. The van der Waals surface area contributed by atoms with Crippen LogP contribution < -0.4 is 5.32 Å². The Hall–Kier alpha value is -3.15. The number of benzene rings is 2. The number of anilines is 1. The SMILES string of the molecule is COC(=O)c1ccc(NC(=O)C2=NO[C@@H](c3ccccc3)C2)cc1. The maximum atomic E-state index is 12.3. The van der Waals surface area contributed by atoms with Gasteiger partial charge in [-0.25, -0.2) is 4.79 Å². The number of nitrogens with one attached hydrogen (secondary N) is 1. The molecule has 0 spiro atoms. The van der Waals surface area contributed by atoms with Crippen LogP contribution in [0.5, 0.6) is 0 Å². The fourth-order valence-corrected chi connectivity index (χ4v) is 2.37. The Morgan fingerprint density at radius 1 is 1.12 bits per heavy atom. The van der Waals surface area contributed by atoms with Gasteiger partial charge in [0.2, 0.25) is 0 Å². The van der Waals surface area contributed by atoms with Crippen LogP contribution in [-0.2, 0) is 14.4 Å². The molecular weight excluding hydrogens is 308 g/mol. The van der Waals surface area contributed by atoms with Crippen LogP contribution in [0, 0.1) is 0 Å². The maximum absolute atomic E-state index is 12.3. The van der Waals surface area contributed by atoms with Gasteiger partial charge in [-0.05, 0) is 29.8 Å². The molecule has 6 heteroatoms. The second-order valence-corrected chi connectivity index (χ2v) is 5.27. The summed E-state index contributed by atoms with van der Waals surface area (Å²) in [6.45, 7) is 0. The van der Waals surface area contributed by atoms with Gasteiger partial charge in [0, 0.05) is 12.1 Å². The molecule has 1 aliphatic heterocycles. The molecule has 0 unspecified atom stereocenters. The van der Waals surface area contributed by atoms with Gasteiger partial charge in [0.15, 0.2) is 6.10 Å². The predicted molar refractivity (Wildman–Crippen MR) is 88.7 cm³/mol. The standard InChI is InChI=1S/C18H16N2O4/c1-23-18(22)13-7-9-14(10-8-13)19-17(21)15-11-16(24-20-15)12-5-3-2-4-6-12/h2-10,16H,11H2,1H3,(H,19,21)/t16-/m1/s1. The third-order valence-electron chi connectivity index (χ3n) is 3.67. The van der Waals surface area contributed by atoms with Crippen molar-refractivity contribution in [3.8, 4) is 0 Å². The fraction of sp³-hybridized carbons (Fsp3) is 0.167. The van der Waals surface area contributed by atoms with E-state index in [0.29, 0.717) is 23.4 Å². The number of hydrogen-bond donors (Lipinski definition) is 1. The summed E-state index contributed by atoms with van der Waals surface area (Å²) in [7, 11) is 1.32. The van der Waals surface area contributed by atoms with E-state index in [2.05, 4.69) is 15.2 Å². The first-order valence-electron chi connectivity index (χ1n) is 7.45. The molecule has 1 atom stereocenters. The number of carbonyl (C=O) groups is 2. The van der Waals surface area contributed by atoms with Crippen molar-refractivity contribution in [1.82, 2.24) is 0 Å². The third kappa shape index (κ3) is 3.43. The van der Waals surface area contributed by atoms with E-state index in [1.807, 2.05) is 30.3 Å².